The van der Waals surface area contributed by atoms with Crippen LogP contribution in [0.15, 0.2) is 40.8 Å². The highest BCUT2D eigenvalue weighted by atomic mass is 19.4. The summed E-state index contributed by atoms with van der Waals surface area (Å²) in [5, 5.41) is 16.7. The van der Waals surface area contributed by atoms with Gasteiger partial charge in [-0.25, -0.2) is 4.39 Å². The highest BCUT2D eigenvalue weighted by Crippen LogP contribution is 2.38. The summed E-state index contributed by atoms with van der Waals surface area (Å²) in [5.41, 5.74) is -0.199. The quantitative estimate of drug-likeness (QED) is 0.477. The van der Waals surface area contributed by atoms with Crippen molar-refractivity contribution >= 4 is 16.7 Å². The Morgan fingerprint density at radius 2 is 2.00 bits per heavy atom. The second-order valence-electron chi connectivity index (χ2n) is 6.09. The number of hydrogen-bond donors (Lipinski definition) is 2. The number of fused-ring (bicyclic) bond motifs is 1. The summed E-state index contributed by atoms with van der Waals surface area (Å²) in [7, 11) is 1.16. The molecule has 0 aliphatic heterocycles. The van der Waals surface area contributed by atoms with E-state index in [1.807, 2.05) is 0 Å². The molecular formula is C18H13F4N5O2. The number of ether oxygens (including phenoxy) is 1. The Hall–Kier alpha value is -3.63. The van der Waals surface area contributed by atoms with E-state index >= 15 is 0 Å². The Balaban J connectivity index is 1.59. The SMILES string of the molecule is COc1ccc(NCc2cc3cc(-c4nn[nH]n4)oc3cc2F)cc1C(F)(F)F. The van der Waals surface area contributed by atoms with Crippen molar-refractivity contribution in [1.82, 2.24) is 20.6 Å². The van der Waals surface area contributed by atoms with Crippen molar-refractivity contribution in [2.24, 2.45) is 0 Å². The molecule has 4 aromatic rings. The topological polar surface area (TPSA) is 88.9 Å². The Kier molecular flexibility index (Phi) is 4.57. The molecule has 2 heterocycles. The van der Waals surface area contributed by atoms with Crippen LogP contribution in [0.25, 0.3) is 22.6 Å². The molecule has 0 amide bonds. The molecular weight excluding hydrogens is 394 g/mol. The zero-order valence-electron chi connectivity index (χ0n) is 14.8. The lowest BCUT2D eigenvalue weighted by Crippen LogP contribution is -2.09. The Morgan fingerprint density at radius 1 is 1.17 bits per heavy atom. The van der Waals surface area contributed by atoms with E-state index in [1.165, 1.54) is 18.2 Å². The first-order valence-corrected chi connectivity index (χ1v) is 8.30. The normalized spacial score (nSPS) is 11.8. The summed E-state index contributed by atoms with van der Waals surface area (Å²) in [5.74, 6) is -0.325. The zero-order valence-corrected chi connectivity index (χ0v) is 14.8. The van der Waals surface area contributed by atoms with Crippen molar-refractivity contribution in [2.75, 3.05) is 12.4 Å². The number of benzene rings is 2. The number of rotatable bonds is 5. The molecule has 150 valence electrons. The fraction of sp³-hybridized carbons (Fsp3) is 0.167. The average molecular weight is 407 g/mol. The van der Waals surface area contributed by atoms with Crippen LogP contribution >= 0.6 is 0 Å². The minimum atomic E-state index is -4.57. The molecule has 29 heavy (non-hydrogen) atoms. The van der Waals surface area contributed by atoms with Crippen molar-refractivity contribution in [3.63, 3.8) is 0 Å². The van der Waals surface area contributed by atoms with Gasteiger partial charge in [0.2, 0.25) is 5.82 Å². The molecule has 2 aromatic heterocycles. The van der Waals surface area contributed by atoms with Crippen LogP contribution in [-0.4, -0.2) is 27.7 Å². The molecule has 2 N–H and O–H groups in total. The van der Waals surface area contributed by atoms with E-state index in [9.17, 15) is 17.6 Å². The second-order valence-corrected chi connectivity index (χ2v) is 6.09. The van der Waals surface area contributed by atoms with Gasteiger partial charge in [0.05, 0.1) is 12.7 Å². The third-order valence-corrected chi connectivity index (χ3v) is 4.24. The minimum Gasteiger partial charge on any atom is -0.496 e. The van der Waals surface area contributed by atoms with Crippen molar-refractivity contribution in [1.29, 1.82) is 0 Å². The zero-order chi connectivity index (χ0) is 20.6. The molecule has 0 aliphatic carbocycles. The molecule has 2 aromatic carbocycles. The number of nitrogens with zero attached hydrogens (tertiary/aromatic N) is 3. The summed E-state index contributed by atoms with van der Waals surface area (Å²) < 4.78 is 64.1. The van der Waals surface area contributed by atoms with Crippen LogP contribution < -0.4 is 10.1 Å². The lowest BCUT2D eigenvalue weighted by atomic mass is 10.1. The molecule has 11 heteroatoms. The number of H-pyrrole nitrogens is 1. The van der Waals surface area contributed by atoms with E-state index in [4.69, 9.17) is 9.15 Å². The van der Waals surface area contributed by atoms with Crippen LogP contribution in [0.4, 0.5) is 23.2 Å². The molecule has 0 atom stereocenters. The highest BCUT2D eigenvalue weighted by molar-refractivity contribution is 5.82. The van der Waals surface area contributed by atoms with Crippen molar-refractivity contribution in [3.05, 3.63) is 53.3 Å². The summed E-state index contributed by atoms with van der Waals surface area (Å²) in [6.45, 7) is -0.0336. The number of halogens is 4. The number of hydrogen-bond acceptors (Lipinski definition) is 6. The van der Waals surface area contributed by atoms with Gasteiger partial charge >= 0.3 is 6.18 Å². The first-order valence-electron chi connectivity index (χ1n) is 8.30. The summed E-state index contributed by atoms with van der Waals surface area (Å²) >= 11 is 0. The fourth-order valence-electron chi connectivity index (χ4n) is 2.86. The first-order chi connectivity index (χ1) is 13.8. The number of alkyl halides is 3. The maximum absolute atomic E-state index is 14.4. The first kappa shape index (κ1) is 18.7. The van der Waals surface area contributed by atoms with Gasteiger partial charge in [-0.3, -0.25) is 0 Å². The van der Waals surface area contributed by atoms with Crippen LogP contribution in [0.2, 0.25) is 0 Å². The largest absolute Gasteiger partial charge is 0.496 e. The second kappa shape index (κ2) is 7.08. The van der Waals surface area contributed by atoms with Gasteiger partial charge in [-0.2, -0.15) is 18.4 Å². The van der Waals surface area contributed by atoms with E-state index in [0.717, 1.165) is 13.2 Å². The third-order valence-electron chi connectivity index (χ3n) is 4.24. The summed E-state index contributed by atoms with van der Waals surface area (Å²) in [4.78, 5) is 0. The monoisotopic (exact) mass is 407 g/mol. The van der Waals surface area contributed by atoms with Crippen LogP contribution in [0.3, 0.4) is 0 Å². The van der Waals surface area contributed by atoms with E-state index in [0.29, 0.717) is 11.1 Å². The Labute approximate surface area is 160 Å². The summed E-state index contributed by atoms with van der Waals surface area (Å²) in [6, 6.07) is 7.92. The lowest BCUT2D eigenvalue weighted by Gasteiger charge is -2.14. The van der Waals surface area contributed by atoms with E-state index in [2.05, 4.69) is 25.9 Å². The van der Waals surface area contributed by atoms with Gasteiger partial charge in [0.1, 0.15) is 17.1 Å². The predicted octanol–water partition coefficient (Wildman–Crippen LogP) is 4.39. The molecule has 0 saturated carbocycles. The highest BCUT2D eigenvalue weighted by Gasteiger charge is 2.34. The van der Waals surface area contributed by atoms with Gasteiger partial charge in [0.25, 0.3) is 0 Å². The number of aromatic nitrogens is 4. The Morgan fingerprint density at radius 3 is 2.69 bits per heavy atom. The molecule has 0 aliphatic rings. The van der Waals surface area contributed by atoms with Crippen LogP contribution in [0.5, 0.6) is 5.75 Å². The maximum Gasteiger partial charge on any atom is 0.420 e. The molecule has 7 nitrogen and oxygen atoms in total. The van der Waals surface area contributed by atoms with E-state index in [-0.39, 0.29) is 35.0 Å². The van der Waals surface area contributed by atoms with Gasteiger partial charge in [0.15, 0.2) is 5.76 Å². The number of aromatic amines is 1. The maximum atomic E-state index is 14.4. The third kappa shape index (κ3) is 3.71. The molecule has 0 spiro atoms. The van der Waals surface area contributed by atoms with Gasteiger partial charge in [-0.1, -0.05) is 0 Å². The van der Waals surface area contributed by atoms with Crippen LogP contribution in [-0.2, 0) is 12.7 Å². The van der Waals surface area contributed by atoms with Crippen molar-refractivity contribution < 1.29 is 26.7 Å². The molecule has 0 radical (unpaired) electrons. The van der Waals surface area contributed by atoms with Crippen molar-refractivity contribution in [2.45, 2.75) is 12.7 Å². The number of furan rings is 1. The van der Waals surface area contributed by atoms with Gasteiger partial charge < -0.3 is 14.5 Å². The van der Waals surface area contributed by atoms with E-state index in [1.54, 1.807) is 12.1 Å². The minimum absolute atomic E-state index is 0.0336. The Bertz CT molecular complexity index is 1160. The van der Waals surface area contributed by atoms with Gasteiger partial charge in [-0.05, 0) is 35.5 Å². The van der Waals surface area contributed by atoms with Gasteiger partial charge in [0, 0.05) is 29.2 Å². The van der Waals surface area contributed by atoms with Crippen molar-refractivity contribution in [3.8, 4) is 17.3 Å². The molecule has 0 unspecified atom stereocenters. The summed E-state index contributed by atoms with van der Waals surface area (Å²) in [6.07, 6.45) is -4.57. The molecule has 0 fully saturated rings. The molecule has 4 rings (SSSR count). The molecule has 0 saturated heterocycles. The number of anilines is 1. The average Bonchev–Trinajstić information content (AvgIpc) is 3.34. The number of nitrogens with one attached hydrogen (secondary N) is 2. The number of tetrazole rings is 1. The standard InChI is InChI=1S/C18H13F4N5O2/c1-28-14-3-2-11(6-12(14)18(20,21)22)23-8-10-4-9-5-16(17-24-26-27-25-17)29-15(9)7-13(10)19/h2-7,23H,8H2,1H3,(H,24,25,26,27). The number of methoxy groups -OCH3 is 1. The predicted molar refractivity (Wildman–Crippen MR) is 94.7 cm³/mol. The smallest absolute Gasteiger partial charge is 0.420 e. The van der Waals surface area contributed by atoms with Crippen LogP contribution in [0, 0.1) is 5.82 Å². The lowest BCUT2D eigenvalue weighted by molar-refractivity contribution is -0.138. The molecule has 0 bridgehead atoms. The fourth-order valence-corrected chi connectivity index (χ4v) is 2.86. The van der Waals surface area contributed by atoms with Crippen LogP contribution in [0.1, 0.15) is 11.1 Å². The van der Waals surface area contributed by atoms with E-state index < -0.39 is 17.6 Å². The van der Waals surface area contributed by atoms with Gasteiger partial charge in [-0.15, -0.1) is 10.2 Å².